The summed E-state index contributed by atoms with van der Waals surface area (Å²) in [6.07, 6.45) is 7.57. The van der Waals surface area contributed by atoms with Gasteiger partial charge >= 0.3 is 5.97 Å². The molecule has 0 aromatic heterocycles. The molecule has 0 bridgehead atoms. The van der Waals surface area contributed by atoms with E-state index in [1.165, 1.54) is 0 Å². The Labute approximate surface area is 210 Å². The number of carbonyl (C=O) groups is 3. The quantitative estimate of drug-likeness (QED) is 0.495. The predicted molar refractivity (Wildman–Crippen MR) is 134 cm³/mol. The molecule has 0 radical (unpaired) electrons. The fourth-order valence-electron chi connectivity index (χ4n) is 10.2. The molecule has 194 valence electrons. The zero-order valence-corrected chi connectivity index (χ0v) is 22.7. The highest BCUT2D eigenvalue weighted by Crippen LogP contribution is 2.76. The Balaban J connectivity index is 1.71. The molecule has 2 N–H and O–H groups in total. The number of aliphatic carboxylic acids is 1. The number of aliphatic hydroxyl groups is 1. The van der Waals surface area contributed by atoms with E-state index in [0.29, 0.717) is 38.5 Å². The lowest BCUT2D eigenvalue weighted by atomic mass is 9.32. The number of carbonyl (C=O) groups excluding carboxylic acids is 2. The predicted octanol–water partition coefficient (Wildman–Crippen LogP) is 5.74. The number of rotatable bonds is 1. The lowest BCUT2D eigenvalue weighted by Crippen LogP contribution is -2.76. The van der Waals surface area contributed by atoms with Gasteiger partial charge in [-0.2, -0.15) is 0 Å². The monoisotopic (exact) mass is 484 g/mol. The van der Waals surface area contributed by atoms with Gasteiger partial charge in [-0.3, -0.25) is 14.4 Å². The summed E-state index contributed by atoms with van der Waals surface area (Å²) in [4.78, 5) is 39.9. The van der Waals surface area contributed by atoms with Gasteiger partial charge in [-0.05, 0) is 80.1 Å². The SMILES string of the molecule is CC1(C)CCC2(C(=O)O)CC[C@]3(C)C(=CC(=O)C4(O)[C@@]5(C)CCC(=O)C(C)(C)[C@@H]5CC[C@]43C)C2C1. The van der Waals surface area contributed by atoms with Crippen LogP contribution in [0.25, 0.3) is 0 Å². The van der Waals surface area contributed by atoms with E-state index >= 15 is 0 Å². The molecule has 0 spiro atoms. The van der Waals surface area contributed by atoms with Gasteiger partial charge in [0.2, 0.25) is 0 Å². The van der Waals surface area contributed by atoms with Crippen molar-refractivity contribution in [3.63, 3.8) is 0 Å². The Morgan fingerprint density at radius 3 is 2.17 bits per heavy atom. The summed E-state index contributed by atoms with van der Waals surface area (Å²) >= 11 is 0. The maximum Gasteiger partial charge on any atom is 0.310 e. The van der Waals surface area contributed by atoms with Gasteiger partial charge in [-0.15, -0.1) is 0 Å². The van der Waals surface area contributed by atoms with Gasteiger partial charge in [0.05, 0.1) is 5.41 Å². The molecule has 5 rings (SSSR count). The molecule has 0 aliphatic heterocycles. The minimum Gasteiger partial charge on any atom is -0.481 e. The third kappa shape index (κ3) is 2.67. The number of carboxylic acids is 1. The summed E-state index contributed by atoms with van der Waals surface area (Å²) in [5.41, 5.74) is -3.87. The van der Waals surface area contributed by atoms with Gasteiger partial charge in [0.25, 0.3) is 0 Å². The molecule has 5 aliphatic rings. The molecular formula is C30H44O5. The van der Waals surface area contributed by atoms with Crippen molar-refractivity contribution in [2.75, 3.05) is 0 Å². The standard InChI is InChI=1S/C30H44O5/c1-24(2)12-14-29(23(33)34)15-13-26(5)18(19(29)17-24)16-22(32)30(35)27(6)10-9-21(31)25(3,4)20(27)8-11-28(26,30)7/h16,19-20,35H,8-15,17H2,1-7H3,(H,33,34)/t19?,20-,26+,27-,28-,29?,30?/m0/s1. The highest BCUT2D eigenvalue weighted by molar-refractivity contribution is 6.01. The van der Waals surface area contributed by atoms with Crippen LogP contribution >= 0.6 is 0 Å². The van der Waals surface area contributed by atoms with Crippen molar-refractivity contribution in [1.82, 2.24) is 0 Å². The van der Waals surface area contributed by atoms with Crippen molar-refractivity contribution in [3.8, 4) is 0 Å². The fraction of sp³-hybridized carbons (Fsp3) is 0.833. The van der Waals surface area contributed by atoms with E-state index in [1.807, 2.05) is 13.8 Å². The first-order valence-corrected chi connectivity index (χ1v) is 13.7. The smallest absolute Gasteiger partial charge is 0.310 e. The maximum atomic E-state index is 14.3. The zero-order chi connectivity index (χ0) is 26.0. The summed E-state index contributed by atoms with van der Waals surface area (Å²) in [6, 6.07) is 0. The minimum atomic E-state index is -1.58. The summed E-state index contributed by atoms with van der Waals surface area (Å²) in [5, 5.41) is 23.2. The first-order chi connectivity index (χ1) is 15.9. The fourth-order valence-corrected chi connectivity index (χ4v) is 10.2. The number of carboxylic acid groups (broad SMARTS) is 1. The lowest BCUT2D eigenvalue weighted by molar-refractivity contribution is -0.261. The molecule has 0 amide bonds. The molecule has 0 heterocycles. The molecule has 35 heavy (non-hydrogen) atoms. The Morgan fingerprint density at radius 1 is 0.914 bits per heavy atom. The van der Waals surface area contributed by atoms with E-state index in [4.69, 9.17) is 0 Å². The molecule has 4 saturated carbocycles. The van der Waals surface area contributed by atoms with Crippen LogP contribution < -0.4 is 0 Å². The van der Waals surface area contributed by atoms with E-state index in [9.17, 15) is 24.6 Å². The number of hydrogen-bond donors (Lipinski definition) is 2. The average Bonchev–Trinajstić information content (AvgIpc) is 2.75. The van der Waals surface area contributed by atoms with Gasteiger partial charge < -0.3 is 10.2 Å². The van der Waals surface area contributed by atoms with E-state index in [-0.39, 0.29) is 28.8 Å². The molecule has 7 atom stereocenters. The van der Waals surface area contributed by atoms with Gasteiger partial charge in [0.15, 0.2) is 5.78 Å². The zero-order valence-electron chi connectivity index (χ0n) is 22.7. The number of allylic oxidation sites excluding steroid dienone is 1. The molecule has 3 unspecified atom stereocenters. The summed E-state index contributed by atoms with van der Waals surface area (Å²) in [6.45, 7) is 14.8. The van der Waals surface area contributed by atoms with Crippen LogP contribution in [0, 0.1) is 44.3 Å². The van der Waals surface area contributed by atoms with Crippen LogP contribution in [0.2, 0.25) is 0 Å². The second-order valence-electron chi connectivity index (χ2n) is 14.9. The topological polar surface area (TPSA) is 91.7 Å². The van der Waals surface area contributed by atoms with Gasteiger partial charge in [-0.25, -0.2) is 0 Å². The van der Waals surface area contributed by atoms with Crippen LogP contribution in [0.3, 0.4) is 0 Å². The number of Topliss-reactive ketones (excluding diaryl/α,β-unsaturated/α-hetero) is 1. The van der Waals surface area contributed by atoms with Crippen LogP contribution in [0.4, 0.5) is 0 Å². The van der Waals surface area contributed by atoms with Crippen LogP contribution in [-0.4, -0.2) is 33.3 Å². The van der Waals surface area contributed by atoms with Crippen molar-refractivity contribution in [1.29, 1.82) is 0 Å². The highest BCUT2D eigenvalue weighted by Gasteiger charge is 2.77. The molecule has 5 aliphatic carbocycles. The largest absolute Gasteiger partial charge is 0.481 e. The second kappa shape index (κ2) is 6.88. The number of hydrogen-bond acceptors (Lipinski definition) is 4. The van der Waals surface area contributed by atoms with Gasteiger partial charge in [-0.1, -0.05) is 54.0 Å². The number of fused-ring (bicyclic) bond motifs is 7. The first kappa shape index (κ1) is 25.2. The van der Waals surface area contributed by atoms with Crippen LogP contribution in [0.15, 0.2) is 11.6 Å². The minimum absolute atomic E-state index is 0.0117. The Hall–Kier alpha value is -1.49. The summed E-state index contributed by atoms with van der Waals surface area (Å²) in [7, 11) is 0. The Bertz CT molecular complexity index is 1050. The second-order valence-corrected chi connectivity index (χ2v) is 14.9. The van der Waals surface area contributed by atoms with E-state index in [2.05, 4.69) is 34.6 Å². The van der Waals surface area contributed by atoms with Crippen LogP contribution in [0.5, 0.6) is 0 Å². The third-order valence-electron chi connectivity index (χ3n) is 12.8. The molecular weight excluding hydrogens is 440 g/mol. The van der Waals surface area contributed by atoms with Gasteiger partial charge in [0.1, 0.15) is 11.4 Å². The molecule has 5 nitrogen and oxygen atoms in total. The van der Waals surface area contributed by atoms with Crippen molar-refractivity contribution < 1.29 is 24.6 Å². The average molecular weight is 485 g/mol. The Kier molecular flexibility index (Phi) is 4.95. The van der Waals surface area contributed by atoms with E-state index in [0.717, 1.165) is 24.8 Å². The summed E-state index contributed by atoms with van der Waals surface area (Å²) < 4.78 is 0. The number of ketones is 2. The molecule has 5 heteroatoms. The molecule has 0 aromatic carbocycles. The van der Waals surface area contributed by atoms with E-state index < -0.39 is 38.6 Å². The molecule has 0 aromatic rings. The molecule has 4 fully saturated rings. The first-order valence-electron chi connectivity index (χ1n) is 13.7. The normalized spacial score (nSPS) is 50.2. The van der Waals surface area contributed by atoms with Crippen molar-refractivity contribution in [2.24, 2.45) is 44.3 Å². The van der Waals surface area contributed by atoms with Gasteiger partial charge in [0, 0.05) is 22.7 Å². The van der Waals surface area contributed by atoms with Crippen LogP contribution in [0.1, 0.15) is 106 Å². The third-order valence-corrected chi connectivity index (χ3v) is 12.8. The lowest BCUT2D eigenvalue weighted by Gasteiger charge is -2.72. The van der Waals surface area contributed by atoms with Crippen molar-refractivity contribution in [2.45, 2.75) is 112 Å². The summed E-state index contributed by atoms with van der Waals surface area (Å²) in [5.74, 6) is -1.02. The van der Waals surface area contributed by atoms with Crippen molar-refractivity contribution in [3.05, 3.63) is 11.6 Å². The van der Waals surface area contributed by atoms with E-state index in [1.54, 1.807) is 6.08 Å². The Morgan fingerprint density at radius 2 is 1.54 bits per heavy atom. The highest BCUT2D eigenvalue weighted by atomic mass is 16.4. The maximum absolute atomic E-state index is 14.3. The molecule has 0 saturated heterocycles. The van der Waals surface area contributed by atoms with Crippen LogP contribution in [-0.2, 0) is 14.4 Å². The van der Waals surface area contributed by atoms with Crippen molar-refractivity contribution >= 4 is 17.5 Å².